The highest BCUT2D eigenvalue weighted by Gasteiger charge is 2.31. The molecule has 0 saturated carbocycles. The summed E-state index contributed by atoms with van der Waals surface area (Å²) in [5.74, 6) is 0.104. The van der Waals surface area contributed by atoms with Crippen LogP contribution in [-0.2, 0) is 4.79 Å². The molecule has 19 heavy (non-hydrogen) atoms. The molecule has 4 heteroatoms. The van der Waals surface area contributed by atoms with Gasteiger partial charge >= 0.3 is 5.97 Å². The summed E-state index contributed by atoms with van der Waals surface area (Å²) in [5, 5.41) is 12.4. The lowest BCUT2D eigenvalue weighted by atomic mass is 9.93. The molecule has 0 aromatic carbocycles. The predicted molar refractivity (Wildman–Crippen MR) is 78.4 cm³/mol. The van der Waals surface area contributed by atoms with Crippen LogP contribution in [-0.4, -0.2) is 47.7 Å². The first-order valence-corrected chi connectivity index (χ1v) is 7.72. The van der Waals surface area contributed by atoms with Crippen LogP contribution >= 0.6 is 0 Å². The standard InChI is InChI=1S/C15H30N2O2/c1-4-13-8-6-10-17(12-13)11-7-9-15(3,14(18)19)16-5-2/h13,16H,4-12H2,1-3H3,(H,18,19). The Hall–Kier alpha value is -0.610. The van der Waals surface area contributed by atoms with E-state index in [9.17, 15) is 9.90 Å². The number of piperidine rings is 1. The van der Waals surface area contributed by atoms with E-state index in [0.29, 0.717) is 13.0 Å². The third-order valence-corrected chi connectivity index (χ3v) is 4.37. The highest BCUT2D eigenvalue weighted by Crippen LogP contribution is 2.20. The fourth-order valence-corrected chi connectivity index (χ4v) is 3.00. The van der Waals surface area contributed by atoms with Crippen molar-refractivity contribution in [2.45, 2.75) is 58.4 Å². The van der Waals surface area contributed by atoms with Gasteiger partial charge in [0, 0.05) is 6.54 Å². The average molecular weight is 270 g/mol. The molecular weight excluding hydrogens is 240 g/mol. The second kappa shape index (κ2) is 7.85. The Labute approximate surface area is 117 Å². The number of likely N-dealkylation sites (N-methyl/N-ethyl adjacent to an activating group) is 1. The summed E-state index contributed by atoms with van der Waals surface area (Å²) in [6.45, 7) is 10.1. The van der Waals surface area contributed by atoms with E-state index in [1.807, 2.05) is 6.92 Å². The third kappa shape index (κ3) is 5.11. The lowest BCUT2D eigenvalue weighted by molar-refractivity contribution is -0.144. The quantitative estimate of drug-likeness (QED) is 0.711. The number of likely N-dealkylation sites (tertiary alicyclic amines) is 1. The minimum atomic E-state index is -0.769. The van der Waals surface area contributed by atoms with Gasteiger partial charge in [-0.05, 0) is 58.2 Å². The van der Waals surface area contributed by atoms with Crippen LogP contribution in [0.25, 0.3) is 0 Å². The molecular formula is C15H30N2O2. The zero-order valence-corrected chi connectivity index (χ0v) is 12.7. The van der Waals surface area contributed by atoms with E-state index in [0.717, 1.165) is 18.9 Å². The lowest BCUT2D eigenvalue weighted by Crippen LogP contribution is -2.49. The largest absolute Gasteiger partial charge is 0.480 e. The molecule has 2 unspecified atom stereocenters. The fraction of sp³-hybridized carbons (Fsp3) is 0.933. The molecule has 0 bridgehead atoms. The number of carboxylic acids is 1. The van der Waals surface area contributed by atoms with Gasteiger partial charge in [0.15, 0.2) is 0 Å². The number of hydrogen-bond donors (Lipinski definition) is 2. The fourth-order valence-electron chi connectivity index (χ4n) is 3.00. The Kier molecular flexibility index (Phi) is 6.80. The highest BCUT2D eigenvalue weighted by molar-refractivity contribution is 5.78. The third-order valence-electron chi connectivity index (χ3n) is 4.37. The first kappa shape index (κ1) is 16.4. The number of nitrogens with one attached hydrogen (secondary N) is 1. The number of aliphatic carboxylic acids is 1. The first-order chi connectivity index (χ1) is 9.01. The van der Waals surface area contributed by atoms with Gasteiger partial charge in [0.1, 0.15) is 5.54 Å². The molecule has 0 amide bonds. The van der Waals surface area contributed by atoms with Crippen LogP contribution in [0.1, 0.15) is 52.9 Å². The van der Waals surface area contributed by atoms with Gasteiger partial charge < -0.3 is 15.3 Å². The number of carbonyl (C=O) groups is 1. The summed E-state index contributed by atoms with van der Waals surface area (Å²) in [7, 11) is 0. The van der Waals surface area contributed by atoms with Crippen LogP contribution < -0.4 is 5.32 Å². The van der Waals surface area contributed by atoms with Gasteiger partial charge in [-0.25, -0.2) is 0 Å². The summed E-state index contributed by atoms with van der Waals surface area (Å²) < 4.78 is 0. The van der Waals surface area contributed by atoms with E-state index in [1.54, 1.807) is 6.92 Å². The van der Waals surface area contributed by atoms with E-state index in [-0.39, 0.29) is 0 Å². The van der Waals surface area contributed by atoms with Crippen LogP contribution in [0.3, 0.4) is 0 Å². The van der Waals surface area contributed by atoms with Crippen LogP contribution in [0.15, 0.2) is 0 Å². The van der Waals surface area contributed by atoms with Crippen molar-refractivity contribution in [3.8, 4) is 0 Å². The summed E-state index contributed by atoms with van der Waals surface area (Å²) in [4.78, 5) is 13.8. The molecule has 4 nitrogen and oxygen atoms in total. The van der Waals surface area contributed by atoms with Crippen molar-refractivity contribution in [2.24, 2.45) is 5.92 Å². The van der Waals surface area contributed by atoms with Crippen molar-refractivity contribution >= 4 is 5.97 Å². The molecule has 0 aromatic heterocycles. The topological polar surface area (TPSA) is 52.6 Å². The molecule has 1 rings (SSSR count). The minimum Gasteiger partial charge on any atom is -0.480 e. The molecule has 0 aromatic rings. The SMILES string of the molecule is CCNC(C)(CCCN1CCCC(CC)C1)C(=O)O. The number of carboxylic acid groups (broad SMARTS) is 1. The van der Waals surface area contributed by atoms with Gasteiger partial charge in [-0.3, -0.25) is 4.79 Å². The highest BCUT2D eigenvalue weighted by atomic mass is 16.4. The number of nitrogens with zero attached hydrogens (tertiary/aromatic N) is 1. The van der Waals surface area contributed by atoms with E-state index >= 15 is 0 Å². The van der Waals surface area contributed by atoms with Crippen LogP contribution in [0.2, 0.25) is 0 Å². The van der Waals surface area contributed by atoms with Crippen molar-refractivity contribution in [1.82, 2.24) is 10.2 Å². The zero-order chi connectivity index (χ0) is 14.3. The van der Waals surface area contributed by atoms with E-state index < -0.39 is 11.5 Å². The average Bonchev–Trinajstić information content (AvgIpc) is 2.39. The Morgan fingerprint density at radius 2 is 2.21 bits per heavy atom. The minimum absolute atomic E-state index is 0.698. The molecule has 0 spiro atoms. The smallest absolute Gasteiger partial charge is 0.323 e. The monoisotopic (exact) mass is 270 g/mol. The van der Waals surface area contributed by atoms with Gasteiger partial charge in [0.25, 0.3) is 0 Å². The van der Waals surface area contributed by atoms with Crippen molar-refractivity contribution in [2.75, 3.05) is 26.2 Å². The molecule has 1 heterocycles. The Bertz CT molecular complexity index is 283. The van der Waals surface area contributed by atoms with Crippen molar-refractivity contribution in [3.05, 3.63) is 0 Å². The van der Waals surface area contributed by atoms with Crippen molar-refractivity contribution in [1.29, 1.82) is 0 Å². The van der Waals surface area contributed by atoms with Gasteiger partial charge in [-0.1, -0.05) is 20.3 Å². The number of rotatable bonds is 8. The van der Waals surface area contributed by atoms with Crippen LogP contribution in [0.4, 0.5) is 0 Å². The molecule has 2 atom stereocenters. The molecule has 1 fully saturated rings. The van der Waals surface area contributed by atoms with Gasteiger partial charge in [0.05, 0.1) is 0 Å². The van der Waals surface area contributed by atoms with Gasteiger partial charge in [-0.2, -0.15) is 0 Å². The predicted octanol–water partition coefficient (Wildman–Crippen LogP) is 2.34. The Balaban J connectivity index is 2.33. The molecule has 0 aliphatic carbocycles. The maximum absolute atomic E-state index is 11.3. The lowest BCUT2D eigenvalue weighted by Gasteiger charge is -2.33. The normalized spacial score (nSPS) is 24.1. The Morgan fingerprint density at radius 3 is 2.79 bits per heavy atom. The van der Waals surface area contributed by atoms with E-state index in [4.69, 9.17) is 0 Å². The van der Waals surface area contributed by atoms with Crippen LogP contribution in [0.5, 0.6) is 0 Å². The zero-order valence-electron chi connectivity index (χ0n) is 12.7. The van der Waals surface area contributed by atoms with Gasteiger partial charge in [0.2, 0.25) is 0 Å². The summed E-state index contributed by atoms with van der Waals surface area (Å²) in [5.41, 5.74) is -0.769. The number of hydrogen-bond acceptors (Lipinski definition) is 3. The summed E-state index contributed by atoms with van der Waals surface area (Å²) in [6, 6.07) is 0. The maximum Gasteiger partial charge on any atom is 0.323 e. The first-order valence-electron chi connectivity index (χ1n) is 7.72. The molecule has 0 radical (unpaired) electrons. The molecule has 1 aliphatic heterocycles. The van der Waals surface area contributed by atoms with Gasteiger partial charge in [-0.15, -0.1) is 0 Å². The van der Waals surface area contributed by atoms with Crippen molar-refractivity contribution < 1.29 is 9.90 Å². The van der Waals surface area contributed by atoms with Crippen LogP contribution in [0, 0.1) is 5.92 Å². The maximum atomic E-state index is 11.3. The molecule has 112 valence electrons. The van der Waals surface area contributed by atoms with Crippen molar-refractivity contribution in [3.63, 3.8) is 0 Å². The van der Waals surface area contributed by atoms with E-state index in [2.05, 4.69) is 17.1 Å². The molecule has 2 N–H and O–H groups in total. The Morgan fingerprint density at radius 1 is 1.47 bits per heavy atom. The second-order valence-electron chi connectivity index (χ2n) is 5.99. The summed E-state index contributed by atoms with van der Waals surface area (Å²) in [6.07, 6.45) is 5.57. The second-order valence-corrected chi connectivity index (χ2v) is 5.99. The summed E-state index contributed by atoms with van der Waals surface area (Å²) >= 11 is 0. The molecule has 1 aliphatic rings. The van der Waals surface area contributed by atoms with E-state index in [1.165, 1.54) is 32.4 Å². The molecule has 1 saturated heterocycles.